The molecule has 0 aromatic heterocycles. The molecule has 0 unspecified atom stereocenters. The molecule has 2 aliphatic carbocycles. The number of ketones is 1. The maximum Gasteiger partial charge on any atom is 0.220 e. The fourth-order valence-corrected chi connectivity index (χ4v) is 3.51. The van der Waals surface area contributed by atoms with Gasteiger partial charge in [-0.15, -0.1) is 0 Å². The van der Waals surface area contributed by atoms with Gasteiger partial charge in [0.15, 0.2) is 5.76 Å². The van der Waals surface area contributed by atoms with E-state index in [1.807, 2.05) is 12.2 Å². The van der Waals surface area contributed by atoms with Crippen molar-refractivity contribution in [1.82, 2.24) is 0 Å². The van der Waals surface area contributed by atoms with Crippen LogP contribution >= 0.6 is 0 Å². The molecule has 0 saturated carbocycles. The maximum atomic E-state index is 11.9. The van der Waals surface area contributed by atoms with Crippen LogP contribution in [0.3, 0.4) is 0 Å². The Kier molecular flexibility index (Phi) is 3.66. The van der Waals surface area contributed by atoms with E-state index in [2.05, 4.69) is 48.5 Å². The number of fused-ring (bicyclic) bond motifs is 2. The number of carbonyl (C=O) groups is 1. The first kappa shape index (κ1) is 14.7. The zero-order valence-electron chi connectivity index (χ0n) is 13.6. The van der Waals surface area contributed by atoms with E-state index in [-0.39, 0.29) is 5.78 Å². The van der Waals surface area contributed by atoms with E-state index in [4.69, 9.17) is 4.74 Å². The number of methoxy groups -OCH3 is 1. The van der Waals surface area contributed by atoms with E-state index in [1.165, 1.54) is 27.8 Å². The van der Waals surface area contributed by atoms with Crippen LogP contribution in [0.1, 0.15) is 22.3 Å². The molecule has 0 fully saturated rings. The molecular formula is C22H18O2. The van der Waals surface area contributed by atoms with Gasteiger partial charge in [-0.25, -0.2) is 0 Å². The van der Waals surface area contributed by atoms with Gasteiger partial charge in [0.1, 0.15) is 0 Å². The predicted octanol–water partition coefficient (Wildman–Crippen LogP) is 4.26. The van der Waals surface area contributed by atoms with Gasteiger partial charge in [-0.1, -0.05) is 54.6 Å². The minimum Gasteiger partial charge on any atom is -0.493 e. The van der Waals surface area contributed by atoms with Crippen molar-refractivity contribution in [3.8, 4) is 0 Å². The van der Waals surface area contributed by atoms with Crippen LogP contribution in [-0.2, 0) is 22.4 Å². The molecule has 2 nitrogen and oxygen atoms in total. The smallest absolute Gasteiger partial charge is 0.220 e. The summed E-state index contributed by atoms with van der Waals surface area (Å²) in [4.78, 5) is 11.9. The Balaban J connectivity index is 2.04. The summed E-state index contributed by atoms with van der Waals surface area (Å²) in [6, 6.07) is 17.1. The van der Waals surface area contributed by atoms with Crippen molar-refractivity contribution >= 4 is 11.4 Å². The molecule has 24 heavy (non-hydrogen) atoms. The van der Waals surface area contributed by atoms with Crippen LogP contribution in [0.25, 0.3) is 5.57 Å². The zero-order valence-corrected chi connectivity index (χ0v) is 13.6. The highest BCUT2D eigenvalue weighted by Gasteiger charge is 2.22. The topological polar surface area (TPSA) is 26.3 Å². The molecule has 0 aliphatic heterocycles. The Labute approximate surface area is 141 Å². The van der Waals surface area contributed by atoms with Crippen molar-refractivity contribution in [3.63, 3.8) is 0 Å². The molecule has 0 saturated heterocycles. The third-order valence-corrected chi connectivity index (χ3v) is 4.69. The molecule has 0 bridgehead atoms. The van der Waals surface area contributed by atoms with Crippen LogP contribution in [0.4, 0.5) is 0 Å². The average Bonchev–Trinajstić information content (AvgIpc) is 2.79. The Hall–Kier alpha value is -2.87. The Morgan fingerprint density at radius 3 is 2.00 bits per heavy atom. The molecule has 4 rings (SSSR count). The molecule has 2 aliphatic rings. The summed E-state index contributed by atoms with van der Waals surface area (Å²) in [6.07, 6.45) is 7.40. The van der Waals surface area contributed by atoms with Gasteiger partial charge in [-0.2, -0.15) is 0 Å². The SMILES string of the molecule is COC1=CC(=C2c3ccccc3CCc3ccccc32)C=CC1=O. The van der Waals surface area contributed by atoms with Crippen molar-refractivity contribution in [2.45, 2.75) is 12.8 Å². The minimum atomic E-state index is -0.0861. The fourth-order valence-electron chi connectivity index (χ4n) is 3.51. The van der Waals surface area contributed by atoms with Crippen LogP contribution in [0.15, 0.2) is 78.1 Å². The third-order valence-electron chi connectivity index (χ3n) is 4.69. The molecule has 0 spiro atoms. The molecule has 0 atom stereocenters. The first-order valence-electron chi connectivity index (χ1n) is 8.17. The summed E-state index contributed by atoms with van der Waals surface area (Å²) in [5.41, 5.74) is 7.36. The van der Waals surface area contributed by atoms with E-state index < -0.39 is 0 Å². The fraction of sp³-hybridized carbons (Fsp3) is 0.136. The molecule has 2 aromatic carbocycles. The second kappa shape index (κ2) is 5.97. The molecule has 118 valence electrons. The molecule has 0 heterocycles. The molecule has 2 aromatic rings. The molecular weight excluding hydrogens is 296 g/mol. The van der Waals surface area contributed by atoms with Crippen LogP contribution in [0.2, 0.25) is 0 Å². The summed E-state index contributed by atoms with van der Waals surface area (Å²) in [7, 11) is 1.54. The zero-order chi connectivity index (χ0) is 16.5. The number of hydrogen-bond acceptors (Lipinski definition) is 2. The van der Waals surface area contributed by atoms with Gasteiger partial charge in [-0.05, 0) is 58.4 Å². The summed E-state index contributed by atoms with van der Waals surface area (Å²) in [5, 5.41) is 0. The number of rotatable bonds is 1. The van der Waals surface area contributed by atoms with E-state index in [0.29, 0.717) is 5.76 Å². The lowest BCUT2D eigenvalue weighted by Gasteiger charge is -2.17. The number of benzene rings is 2. The molecule has 0 radical (unpaired) electrons. The number of ether oxygens (including phenoxy) is 1. The standard InChI is InChI=1S/C22H18O2/c1-24-21-14-17(12-13-20(21)23)22-18-8-4-2-6-15(18)10-11-16-7-3-5-9-19(16)22/h2-9,12-14H,10-11H2,1H3. The van der Waals surface area contributed by atoms with Crippen LogP contribution in [0.5, 0.6) is 0 Å². The Bertz CT molecular complexity index is 864. The van der Waals surface area contributed by atoms with Gasteiger partial charge < -0.3 is 4.74 Å². The van der Waals surface area contributed by atoms with Crippen molar-refractivity contribution in [3.05, 3.63) is 100 Å². The van der Waals surface area contributed by atoms with Crippen molar-refractivity contribution in [2.75, 3.05) is 7.11 Å². The first-order valence-corrected chi connectivity index (χ1v) is 8.17. The normalized spacial score (nSPS) is 16.2. The number of allylic oxidation sites excluding steroid dienone is 4. The van der Waals surface area contributed by atoms with E-state index in [1.54, 1.807) is 13.2 Å². The summed E-state index contributed by atoms with van der Waals surface area (Å²) >= 11 is 0. The lowest BCUT2D eigenvalue weighted by atomic mass is 9.88. The minimum absolute atomic E-state index is 0.0861. The number of carbonyl (C=O) groups excluding carboxylic acids is 1. The molecule has 0 N–H and O–H groups in total. The lowest BCUT2D eigenvalue weighted by molar-refractivity contribution is -0.114. The average molecular weight is 314 g/mol. The quantitative estimate of drug-likeness (QED) is 0.786. The Morgan fingerprint density at radius 2 is 1.42 bits per heavy atom. The maximum absolute atomic E-state index is 11.9. The second-order valence-corrected chi connectivity index (χ2v) is 6.05. The van der Waals surface area contributed by atoms with Crippen LogP contribution < -0.4 is 0 Å². The van der Waals surface area contributed by atoms with Gasteiger partial charge in [-0.3, -0.25) is 4.79 Å². The highest BCUT2D eigenvalue weighted by atomic mass is 16.5. The largest absolute Gasteiger partial charge is 0.493 e. The van der Waals surface area contributed by atoms with Crippen molar-refractivity contribution in [2.24, 2.45) is 0 Å². The van der Waals surface area contributed by atoms with E-state index in [9.17, 15) is 4.79 Å². The van der Waals surface area contributed by atoms with E-state index >= 15 is 0 Å². The first-order chi connectivity index (χ1) is 11.8. The van der Waals surface area contributed by atoms with Gasteiger partial charge in [0.25, 0.3) is 0 Å². The van der Waals surface area contributed by atoms with Gasteiger partial charge in [0.2, 0.25) is 5.78 Å². The summed E-state index contributed by atoms with van der Waals surface area (Å²) in [6.45, 7) is 0. The summed E-state index contributed by atoms with van der Waals surface area (Å²) in [5.74, 6) is 0.302. The lowest BCUT2D eigenvalue weighted by Crippen LogP contribution is -2.06. The van der Waals surface area contributed by atoms with Crippen molar-refractivity contribution in [1.29, 1.82) is 0 Å². The predicted molar refractivity (Wildman–Crippen MR) is 95.6 cm³/mol. The second-order valence-electron chi connectivity index (χ2n) is 6.05. The van der Waals surface area contributed by atoms with Gasteiger partial charge >= 0.3 is 0 Å². The third kappa shape index (κ3) is 2.41. The highest BCUT2D eigenvalue weighted by molar-refractivity contribution is 6.06. The Morgan fingerprint density at radius 1 is 0.833 bits per heavy atom. The summed E-state index contributed by atoms with van der Waals surface area (Å²) < 4.78 is 5.26. The van der Waals surface area contributed by atoms with Crippen LogP contribution in [0, 0.1) is 0 Å². The number of hydrogen-bond donors (Lipinski definition) is 0. The van der Waals surface area contributed by atoms with Gasteiger partial charge in [0.05, 0.1) is 7.11 Å². The monoisotopic (exact) mass is 314 g/mol. The molecule has 0 amide bonds. The van der Waals surface area contributed by atoms with E-state index in [0.717, 1.165) is 18.4 Å². The highest BCUT2D eigenvalue weighted by Crippen LogP contribution is 2.37. The number of aryl methyl sites for hydroxylation is 2. The van der Waals surface area contributed by atoms with Crippen molar-refractivity contribution < 1.29 is 9.53 Å². The molecule has 2 heteroatoms. The van der Waals surface area contributed by atoms with Gasteiger partial charge in [0, 0.05) is 0 Å². The van der Waals surface area contributed by atoms with Crippen LogP contribution in [-0.4, -0.2) is 12.9 Å².